The summed E-state index contributed by atoms with van der Waals surface area (Å²) in [5, 5.41) is 12.1. The van der Waals surface area contributed by atoms with Crippen LogP contribution >= 0.6 is 0 Å². The second kappa shape index (κ2) is 6.68. The average molecular weight is 261 g/mol. The summed E-state index contributed by atoms with van der Waals surface area (Å²) in [7, 11) is 2.05. The molecule has 0 saturated carbocycles. The molecular weight excluding hydrogens is 238 g/mol. The molecule has 104 valence electrons. The number of benzene rings is 1. The zero-order valence-corrected chi connectivity index (χ0v) is 11.8. The molecule has 4 nitrogen and oxygen atoms in total. The molecular formula is C15H23N3O. The maximum Gasteiger partial charge on any atom is 0.106 e. The molecule has 2 rings (SSSR count). The van der Waals surface area contributed by atoms with Crippen molar-refractivity contribution in [3.05, 3.63) is 29.6 Å². The number of aryl methyl sites for hydroxylation is 2. The van der Waals surface area contributed by atoms with Gasteiger partial charge in [0.2, 0.25) is 0 Å². The summed E-state index contributed by atoms with van der Waals surface area (Å²) in [5.41, 5.74) is 3.59. The normalized spacial score (nSPS) is 11.3. The quantitative estimate of drug-likeness (QED) is 0.747. The Hall–Kier alpha value is -1.39. The maximum absolute atomic E-state index is 8.69. The van der Waals surface area contributed by atoms with E-state index in [-0.39, 0.29) is 6.61 Å². The van der Waals surface area contributed by atoms with E-state index in [1.54, 1.807) is 0 Å². The van der Waals surface area contributed by atoms with Gasteiger partial charge in [0.15, 0.2) is 0 Å². The molecule has 19 heavy (non-hydrogen) atoms. The van der Waals surface area contributed by atoms with E-state index in [0.717, 1.165) is 43.7 Å². The van der Waals surface area contributed by atoms with Crippen LogP contribution in [0, 0.1) is 6.92 Å². The number of hydrogen-bond donors (Lipinski definition) is 2. The fourth-order valence-corrected chi connectivity index (χ4v) is 2.24. The monoisotopic (exact) mass is 261 g/mol. The highest BCUT2D eigenvalue weighted by Crippen LogP contribution is 2.16. The minimum Gasteiger partial charge on any atom is -0.396 e. The lowest BCUT2D eigenvalue weighted by atomic mass is 10.1. The maximum atomic E-state index is 8.69. The van der Waals surface area contributed by atoms with E-state index >= 15 is 0 Å². The van der Waals surface area contributed by atoms with E-state index in [0.29, 0.717) is 0 Å². The largest absolute Gasteiger partial charge is 0.396 e. The average Bonchev–Trinajstić information content (AvgIpc) is 2.69. The Balaban J connectivity index is 1.87. The molecule has 0 aliphatic carbocycles. The highest BCUT2D eigenvalue weighted by atomic mass is 16.2. The van der Waals surface area contributed by atoms with E-state index in [4.69, 9.17) is 5.11 Å². The summed E-state index contributed by atoms with van der Waals surface area (Å²) in [4.78, 5) is 4.56. The highest BCUT2D eigenvalue weighted by molar-refractivity contribution is 5.76. The van der Waals surface area contributed by atoms with Gasteiger partial charge in [0.1, 0.15) is 5.82 Å². The lowest BCUT2D eigenvalue weighted by Gasteiger charge is -2.04. The van der Waals surface area contributed by atoms with E-state index in [9.17, 15) is 0 Å². The molecule has 0 atom stereocenters. The topological polar surface area (TPSA) is 50.1 Å². The Morgan fingerprint density at radius 2 is 2.11 bits per heavy atom. The van der Waals surface area contributed by atoms with Crippen molar-refractivity contribution in [2.45, 2.75) is 26.2 Å². The van der Waals surface area contributed by atoms with E-state index < -0.39 is 0 Å². The van der Waals surface area contributed by atoms with Crippen LogP contribution in [0.5, 0.6) is 0 Å². The third kappa shape index (κ3) is 3.55. The summed E-state index contributed by atoms with van der Waals surface area (Å²) in [6.07, 6.45) is 2.94. The third-order valence-corrected chi connectivity index (χ3v) is 3.52. The van der Waals surface area contributed by atoms with Crippen molar-refractivity contribution in [3.63, 3.8) is 0 Å². The second-order valence-corrected chi connectivity index (χ2v) is 4.97. The van der Waals surface area contributed by atoms with Gasteiger partial charge in [-0.15, -0.1) is 0 Å². The molecule has 0 unspecified atom stereocenters. The fraction of sp³-hybridized carbons (Fsp3) is 0.533. The van der Waals surface area contributed by atoms with Gasteiger partial charge >= 0.3 is 0 Å². The number of rotatable bonds is 7. The smallest absolute Gasteiger partial charge is 0.106 e. The number of aliphatic hydroxyl groups is 1. The number of fused-ring (bicyclic) bond motifs is 1. The van der Waals surface area contributed by atoms with Gasteiger partial charge in [-0.25, -0.2) is 4.98 Å². The van der Waals surface area contributed by atoms with Crippen LogP contribution in [0.25, 0.3) is 11.0 Å². The van der Waals surface area contributed by atoms with Crippen molar-refractivity contribution in [2.75, 3.05) is 19.7 Å². The van der Waals surface area contributed by atoms with Gasteiger partial charge in [-0.05, 0) is 57.0 Å². The van der Waals surface area contributed by atoms with E-state index in [1.807, 2.05) is 14.0 Å². The van der Waals surface area contributed by atoms with Crippen LogP contribution in [-0.2, 0) is 13.5 Å². The fourth-order valence-electron chi connectivity index (χ4n) is 2.24. The molecule has 1 aromatic heterocycles. The number of hydrogen-bond acceptors (Lipinski definition) is 3. The molecule has 0 bridgehead atoms. The predicted octanol–water partition coefficient (Wildman–Crippen LogP) is 1.79. The zero-order valence-electron chi connectivity index (χ0n) is 11.8. The van der Waals surface area contributed by atoms with Crippen LogP contribution in [-0.4, -0.2) is 34.4 Å². The van der Waals surface area contributed by atoms with Crippen LogP contribution in [0.2, 0.25) is 0 Å². The molecule has 0 saturated heterocycles. The molecule has 2 N–H and O–H groups in total. The van der Waals surface area contributed by atoms with E-state index in [1.165, 1.54) is 11.1 Å². The Kier molecular flexibility index (Phi) is 4.93. The van der Waals surface area contributed by atoms with Gasteiger partial charge in [-0.2, -0.15) is 0 Å². The summed E-state index contributed by atoms with van der Waals surface area (Å²) in [6, 6.07) is 6.51. The van der Waals surface area contributed by atoms with Crippen molar-refractivity contribution < 1.29 is 5.11 Å². The molecule has 4 heteroatoms. The first-order valence-electron chi connectivity index (χ1n) is 6.96. The summed E-state index contributed by atoms with van der Waals surface area (Å²) < 4.78 is 2.12. The standard InChI is InChI=1S/C15H23N3O/c1-12-17-14-11-13(5-6-15(14)18(12)2)7-9-16-8-3-4-10-19/h5-6,11,16,19H,3-4,7-10H2,1-2H3. The van der Waals surface area contributed by atoms with E-state index in [2.05, 4.69) is 33.1 Å². The molecule has 0 aliphatic heterocycles. The SMILES string of the molecule is Cc1nc2cc(CCNCCCCO)ccc2n1C. The number of imidazole rings is 1. The Bertz CT molecular complexity index is 533. The van der Waals surface area contributed by atoms with Crippen LogP contribution in [0.15, 0.2) is 18.2 Å². The van der Waals surface area contributed by atoms with Gasteiger partial charge in [0.05, 0.1) is 11.0 Å². The minimum atomic E-state index is 0.289. The molecule has 0 radical (unpaired) electrons. The number of nitrogens with zero attached hydrogens (tertiary/aromatic N) is 2. The molecule has 0 spiro atoms. The number of aliphatic hydroxyl groups excluding tert-OH is 1. The first kappa shape index (κ1) is 14.0. The van der Waals surface area contributed by atoms with Crippen LogP contribution in [0.3, 0.4) is 0 Å². The summed E-state index contributed by atoms with van der Waals surface area (Å²) in [6.45, 7) is 4.27. The lowest BCUT2D eigenvalue weighted by molar-refractivity contribution is 0.284. The van der Waals surface area contributed by atoms with Crippen LogP contribution < -0.4 is 5.32 Å². The molecule has 0 aliphatic rings. The van der Waals surface area contributed by atoms with Crippen molar-refractivity contribution in [1.29, 1.82) is 0 Å². The van der Waals surface area contributed by atoms with Gasteiger partial charge < -0.3 is 15.0 Å². The van der Waals surface area contributed by atoms with Crippen LogP contribution in [0.4, 0.5) is 0 Å². The molecule has 1 heterocycles. The predicted molar refractivity (Wildman–Crippen MR) is 78.3 cm³/mol. The zero-order chi connectivity index (χ0) is 13.7. The number of unbranched alkanes of at least 4 members (excludes halogenated alkanes) is 1. The summed E-state index contributed by atoms with van der Waals surface area (Å²) >= 11 is 0. The van der Waals surface area contributed by atoms with Gasteiger partial charge in [0, 0.05) is 13.7 Å². The molecule has 2 aromatic rings. The van der Waals surface area contributed by atoms with Gasteiger partial charge in [-0.3, -0.25) is 0 Å². The van der Waals surface area contributed by atoms with Crippen molar-refractivity contribution in [1.82, 2.24) is 14.9 Å². The minimum absolute atomic E-state index is 0.289. The lowest BCUT2D eigenvalue weighted by Crippen LogP contribution is -2.18. The Labute approximate surface area is 114 Å². The number of nitrogens with one attached hydrogen (secondary N) is 1. The Morgan fingerprint density at radius 1 is 1.26 bits per heavy atom. The summed E-state index contributed by atoms with van der Waals surface area (Å²) in [5.74, 6) is 1.05. The third-order valence-electron chi connectivity index (χ3n) is 3.52. The van der Waals surface area contributed by atoms with Gasteiger partial charge in [-0.1, -0.05) is 6.07 Å². The first-order chi connectivity index (χ1) is 9.22. The second-order valence-electron chi connectivity index (χ2n) is 4.97. The molecule has 0 amide bonds. The van der Waals surface area contributed by atoms with Gasteiger partial charge in [0.25, 0.3) is 0 Å². The number of aromatic nitrogens is 2. The Morgan fingerprint density at radius 3 is 2.89 bits per heavy atom. The first-order valence-corrected chi connectivity index (χ1v) is 6.96. The highest BCUT2D eigenvalue weighted by Gasteiger charge is 2.04. The van der Waals surface area contributed by atoms with Crippen molar-refractivity contribution in [2.24, 2.45) is 7.05 Å². The molecule has 1 aromatic carbocycles. The molecule has 0 fully saturated rings. The van der Waals surface area contributed by atoms with Crippen molar-refractivity contribution >= 4 is 11.0 Å². The van der Waals surface area contributed by atoms with Crippen LogP contribution in [0.1, 0.15) is 24.2 Å². The van der Waals surface area contributed by atoms with Crippen molar-refractivity contribution in [3.8, 4) is 0 Å².